The smallest absolute Gasteiger partial charge is 0.325 e. The first-order chi connectivity index (χ1) is 9.04. The number of esters is 1. The molecule has 19 heavy (non-hydrogen) atoms. The first-order valence-corrected chi connectivity index (χ1v) is 6.58. The van der Waals surface area contributed by atoms with Crippen LogP contribution in [0.25, 0.3) is 0 Å². The molecule has 1 aromatic rings. The molecule has 0 saturated heterocycles. The summed E-state index contributed by atoms with van der Waals surface area (Å²) in [6, 6.07) is 7.22. The van der Waals surface area contributed by atoms with E-state index < -0.39 is 17.9 Å². The Labute approximate surface area is 113 Å². The van der Waals surface area contributed by atoms with Gasteiger partial charge in [-0.25, -0.2) is 0 Å². The summed E-state index contributed by atoms with van der Waals surface area (Å²) in [6.45, 7) is 3.47. The van der Waals surface area contributed by atoms with Gasteiger partial charge in [0.15, 0.2) is 5.92 Å². The van der Waals surface area contributed by atoms with Crippen molar-refractivity contribution in [3.05, 3.63) is 29.8 Å². The molecule has 1 N–H and O–H groups in total. The SMILES string of the molecule is CCCCCc1ccc(OC(=O)C(C)C(=O)O)cc1. The number of carboxylic acids is 1. The summed E-state index contributed by atoms with van der Waals surface area (Å²) in [6.07, 6.45) is 4.54. The van der Waals surface area contributed by atoms with E-state index in [0.717, 1.165) is 12.8 Å². The second-order valence-corrected chi connectivity index (χ2v) is 4.58. The minimum atomic E-state index is -1.18. The average molecular weight is 264 g/mol. The Morgan fingerprint density at radius 3 is 2.37 bits per heavy atom. The zero-order chi connectivity index (χ0) is 14.3. The summed E-state index contributed by atoms with van der Waals surface area (Å²) in [5, 5.41) is 8.69. The quantitative estimate of drug-likeness (QED) is 0.356. The molecule has 0 aliphatic carbocycles. The highest BCUT2D eigenvalue weighted by Gasteiger charge is 2.22. The summed E-state index contributed by atoms with van der Waals surface area (Å²) in [5.74, 6) is -2.69. The minimum Gasteiger partial charge on any atom is -0.481 e. The molecule has 1 unspecified atom stereocenters. The Morgan fingerprint density at radius 2 is 1.84 bits per heavy atom. The van der Waals surface area contributed by atoms with Crippen LogP contribution in [-0.4, -0.2) is 17.0 Å². The lowest BCUT2D eigenvalue weighted by molar-refractivity contribution is -0.151. The van der Waals surface area contributed by atoms with Crippen molar-refractivity contribution in [3.8, 4) is 5.75 Å². The summed E-state index contributed by atoms with van der Waals surface area (Å²) in [7, 11) is 0. The van der Waals surface area contributed by atoms with Crippen molar-refractivity contribution in [2.24, 2.45) is 5.92 Å². The zero-order valence-electron chi connectivity index (χ0n) is 11.4. The Morgan fingerprint density at radius 1 is 1.21 bits per heavy atom. The van der Waals surface area contributed by atoms with Crippen LogP contribution in [0.15, 0.2) is 24.3 Å². The van der Waals surface area contributed by atoms with Crippen molar-refractivity contribution >= 4 is 11.9 Å². The molecule has 0 amide bonds. The van der Waals surface area contributed by atoms with E-state index in [4.69, 9.17) is 9.84 Å². The third kappa shape index (κ3) is 5.12. The van der Waals surface area contributed by atoms with E-state index >= 15 is 0 Å². The molecule has 0 aliphatic heterocycles. The van der Waals surface area contributed by atoms with Gasteiger partial charge in [0.25, 0.3) is 0 Å². The van der Waals surface area contributed by atoms with Crippen LogP contribution in [0.1, 0.15) is 38.7 Å². The van der Waals surface area contributed by atoms with Crippen LogP contribution in [-0.2, 0) is 16.0 Å². The van der Waals surface area contributed by atoms with Gasteiger partial charge in [0.2, 0.25) is 0 Å². The van der Waals surface area contributed by atoms with Crippen molar-refractivity contribution < 1.29 is 19.4 Å². The van der Waals surface area contributed by atoms with Gasteiger partial charge in [0.05, 0.1) is 0 Å². The van der Waals surface area contributed by atoms with E-state index in [1.165, 1.54) is 25.3 Å². The van der Waals surface area contributed by atoms with Gasteiger partial charge in [-0.2, -0.15) is 0 Å². The third-order valence-corrected chi connectivity index (χ3v) is 2.93. The Kier molecular flexibility index (Phi) is 6.06. The number of carboxylic acid groups (broad SMARTS) is 1. The van der Waals surface area contributed by atoms with E-state index in [0.29, 0.717) is 5.75 Å². The molecule has 104 valence electrons. The van der Waals surface area contributed by atoms with Crippen LogP contribution >= 0.6 is 0 Å². The number of carbonyl (C=O) groups is 2. The Hall–Kier alpha value is -1.84. The lowest BCUT2D eigenvalue weighted by Crippen LogP contribution is -2.25. The second kappa shape index (κ2) is 7.56. The predicted molar refractivity (Wildman–Crippen MR) is 72.1 cm³/mol. The molecule has 0 radical (unpaired) electrons. The highest BCUT2D eigenvalue weighted by atomic mass is 16.5. The van der Waals surface area contributed by atoms with Gasteiger partial charge in [0.1, 0.15) is 5.75 Å². The van der Waals surface area contributed by atoms with Gasteiger partial charge in [0, 0.05) is 0 Å². The summed E-state index contributed by atoms with van der Waals surface area (Å²) in [4.78, 5) is 22.1. The summed E-state index contributed by atoms with van der Waals surface area (Å²) >= 11 is 0. The molecule has 4 nitrogen and oxygen atoms in total. The molecule has 0 spiro atoms. The molecule has 0 aromatic heterocycles. The highest BCUT2D eigenvalue weighted by molar-refractivity contribution is 5.94. The summed E-state index contributed by atoms with van der Waals surface area (Å²) in [5.41, 5.74) is 1.19. The maximum atomic E-state index is 11.4. The second-order valence-electron chi connectivity index (χ2n) is 4.58. The third-order valence-electron chi connectivity index (χ3n) is 2.93. The summed E-state index contributed by atoms with van der Waals surface area (Å²) < 4.78 is 5.00. The van der Waals surface area contributed by atoms with Crippen molar-refractivity contribution in [2.75, 3.05) is 0 Å². The Bertz CT molecular complexity index is 422. The van der Waals surface area contributed by atoms with E-state index in [-0.39, 0.29) is 0 Å². The van der Waals surface area contributed by atoms with Gasteiger partial charge < -0.3 is 9.84 Å². The van der Waals surface area contributed by atoms with Crippen LogP contribution in [0, 0.1) is 5.92 Å². The fourth-order valence-corrected chi connectivity index (χ4v) is 1.61. The van der Waals surface area contributed by atoms with Crippen LogP contribution in [0.4, 0.5) is 0 Å². The first-order valence-electron chi connectivity index (χ1n) is 6.58. The lowest BCUT2D eigenvalue weighted by atomic mass is 10.1. The number of carbonyl (C=O) groups excluding carboxylic acids is 1. The van der Waals surface area contributed by atoms with Gasteiger partial charge in [-0.3, -0.25) is 9.59 Å². The molecule has 0 bridgehead atoms. The number of rotatable bonds is 7. The van der Waals surface area contributed by atoms with Crippen molar-refractivity contribution in [1.82, 2.24) is 0 Å². The molecule has 0 heterocycles. The number of benzene rings is 1. The van der Waals surface area contributed by atoms with Crippen molar-refractivity contribution in [2.45, 2.75) is 39.5 Å². The maximum absolute atomic E-state index is 11.4. The van der Waals surface area contributed by atoms with Crippen LogP contribution in [0.3, 0.4) is 0 Å². The van der Waals surface area contributed by atoms with E-state index in [9.17, 15) is 9.59 Å². The fraction of sp³-hybridized carbons (Fsp3) is 0.467. The van der Waals surface area contributed by atoms with Crippen molar-refractivity contribution in [1.29, 1.82) is 0 Å². The predicted octanol–water partition coefficient (Wildman–Crippen LogP) is 3.05. The standard InChI is InChI=1S/C15H20O4/c1-3-4-5-6-12-7-9-13(10-8-12)19-15(18)11(2)14(16)17/h7-11H,3-6H2,1-2H3,(H,16,17). The number of unbranched alkanes of at least 4 members (excludes halogenated alkanes) is 2. The van der Waals surface area contributed by atoms with Crippen LogP contribution < -0.4 is 4.74 Å². The number of aliphatic carboxylic acids is 1. The largest absolute Gasteiger partial charge is 0.481 e. The van der Waals surface area contributed by atoms with Crippen LogP contribution in [0.5, 0.6) is 5.75 Å². The van der Waals surface area contributed by atoms with Crippen molar-refractivity contribution in [3.63, 3.8) is 0 Å². The molecule has 1 aromatic carbocycles. The first kappa shape index (κ1) is 15.2. The average Bonchev–Trinajstić information content (AvgIpc) is 2.40. The fourth-order valence-electron chi connectivity index (χ4n) is 1.61. The molecule has 1 rings (SSSR count). The molecule has 1 atom stereocenters. The van der Waals surface area contributed by atoms with E-state index in [2.05, 4.69) is 6.92 Å². The maximum Gasteiger partial charge on any atom is 0.325 e. The normalized spacial score (nSPS) is 11.9. The number of hydrogen-bond donors (Lipinski definition) is 1. The molecule has 0 fully saturated rings. The molecular formula is C15H20O4. The number of ether oxygens (including phenoxy) is 1. The van der Waals surface area contributed by atoms with Gasteiger partial charge in [-0.05, 0) is 37.5 Å². The molecule has 4 heteroatoms. The zero-order valence-corrected chi connectivity index (χ0v) is 11.4. The van der Waals surface area contributed by atoms with Gasteiger partial charge in [-0.15, -0.1) is 0 Å². The van der Waals surface area contributed by atoms with E-state index in [1.807, 2.05) is 12.1 Å². The molecule has 0 saturated carbocycles. The highest BCUT2D eigenvalue weighted by Crippen LogP contribution is 2.15. The van der Waals surface area contributed by atoms with Gasteiger partial charge >= 0.3 is 11.9 Å². The minimum absolute atomic E-state index is 0.386. The molecule has 0 aliphatic rings. The van der Waals surface area contributed by atoms with Gasteiger partial charge in [-0.1, -0.05) is 31.9 Å². The monoisotopic (exact) mass is 264 g/mol. The topological polar surface area (TPSA) is 63.6 Å². The Balaban J connectivity index is 2.52. The van der Waals surface area contributed by atoms with Crippen LogP contribution in [0.2, 0.25) is 0 Å². The van der Waals surface area contributed by atoms with E-state index in [1.54, 1.807) is 12.1 Å². The number of hydrogen-bond acceptors (Lipinski definition) is 3. The number of aryl methyl sites for hydroxylation is 1. The lowest BCUT2D eigenvalue weighted by Gasteiger charge is -2.08. The molecular weight excluding hydrogens is 244 g/mol.